The Bertz CT molecular complexity index is 663. The maximum atomic E-state index is 11.0. The second kappa shape index (κ2) is 7.20. The molecule has 0 saturated carbocycles. The van der Waals surface area contributed by atoms with Crippen LogP contribution in [0, 0.1) is 5.92 Å². The maximum Gasteiger partial charge on any atom is 0.163 e. The first-order valence-corrected chi connectivity index (χ1v) is 5.98. The van der Waals surface area contributed by atoms with E-state index in [0.29, 0.717) is 11.5 Å². The molecule has 1 aliphatic carbocycles. The fourth-order valence-electron chi connectivity index (χ4n) is 2.15. The Morgan fingerprint density at radius 1 is 1.19 bits per heavy atom. The monoisotopic (exact) mass is 324 g/mol. The van der Waals surface area contributed by atoms with E-state index < -0.39 is 0 Å². The molecule has 3 rings (SSSR count). The summed E-state index contributed by atoms with van der Waals surface area (Å²) in [5, 5.41) is 0. The number of amidine groups is 1. The van der Waals surface area contributed by atoms with E-state index in [1.165, 1.54) is 0 Å². The van der Waals surface area contributed by atoms with Crippen molar-refractivity contribution in [2.45, 2.75) is 0 Å². The molecule has 1 aromatic carbocycles. The van der Waals surface area contributed by atoms with E-state index in [1.54, 1.807) is 7.11 Å². The predicted molar refractivity (Wildman–Crippen MR) is 88.2 cm³/mol. The molecule has 1 unspecified atom stereocenters. The molecule has 2 aliphatic rings. The zero-order valence-electron chi connectivity index (χ0n) is 11.2. The van der Waals surface area contributed by atoms with Gasteiger partial charge in [-0.05, 0) is 18.2 Å². The SMILES string of the molecule is COc1ccccc1C1=NC2=CC=CC(C=O)C2=N1.Cl.Cl. The molecule has 110 valence electrons. The lowest BCUT2D eigenvalue weighted by atomic mass is 9.98. The van der Waals surface area contributed by atoms with E-state index in [4.69, 9.17) is 4.74 Å². The molecule has 0 spiro atoms. The van der Waals surface area contributed by atoms with Gasteiger partial charge in [-0.15, -0.1) is 24.8 Å². The summed E-state index contributed by atoms with van der Waals surface area (Å²) in [6.07, 6.45) is 6.39. The average molecular weight is 325 g/mol. The van der Waals surface area contributed by atoms with Crippen LogP contribution in [0.1, 0.15) is 5.56 Å². The fraction of sp³-hybridized carbons (Fsp3) is 0.133. The molecule has 1 aromatic rings. The molecule has 1 atom stereocenters. The highest BCUT2D eigenvalue weighted by Gasteiger charge is 2.26. The number of carbonyl (C=O) groups excluding carboxylic acids is 1. The van der Waals surface area contributed by atoms with Gasteiger partial charge in [-0.3, -0.25) is 0 Å². The van der Waals surface area contributed by atoms with Crippen molar-refractivity contribution in [3.63, 3.8) is 0 Å². The van der Waals surface area contributed by atoms with Crippen molar-refractivity contribution >= 4 is 42.6 Å². The highest BCUT2D eigenvalue weighted by atomic mass is 35.5. The Hall–Kier alpha value is -1.91. The van der Waals surface area contributed by atoms with E-state index in [0.717, 1.165) is 23.3 Å². The lowest BCUT2D eigenvalue weighted by Gasteiger charge is -2.08. The van der Waals surface area contributed by atoms with Crippen LogP contribution in [0.3, 0.4) is 0 Å². The first-order chi connectivity index (χ1) is 9.33. The summed E-state index contributed by atoms with van der Waals surface area (Å²) in [5.74, 6) is 1.01. The third-order valence-corrected chi connectivity index (χ3v) is 3.10. The molecule has 4 nitrogen and oxygen atoms in total. The third-order valence-electron chi connectivity index (χ3n) is 3.10. The number of fused-ring (bicyclic) bond motifs is 1. The van der Waals surface area contributed by atoms with Crippen LogP contribution in [-0.4, -0.2) is 24.9 Å². The van der Waals surface area contributed by atoms with Gasteiger partial charge >= 0.3 is 0 Å². The van der Waals surface area contributed by atoms with Crippen LogP contribution in [0.2, 0.25) is 0 Å². The Morgan fingerprint density at radius 2 is 1.95 bits per heavy atom. The van der Waals surface area contributed by atoms with Gasteiger partial charge in [0, 0.05) is 0 Å². The summed E-state index contributed by atoms with van der Waals surface area (Å²) in [6, 6.07) is 7.58. The van der Waals surface area contributed by atoms with Crippen LogP contribution < -0.4 is 4.74 Å². The normalized spacial score (nSPS) is 18.3. The number of hydrogen-bond acceptors (Lipinski definition) is 4. The summed E-state index contributed by atoms with van der Waals surface area (Å²) in [7, 11) is 1.61. The Balaban J connectivity index is 0.00000110. The summed E-state index contributed by atoms with van der Waals surface area (Å²) in [4.78, 5) is 20.0. The molecule has 1 aliphatic heterocycles. The van der Waals surface area contributed by atoms with Gasteiger partial charge in [0.25, 0.3) is 0 Å². The molecule has 0 amide bonds. The van der Waals surface area contributed by atoms with Gasteiger partial charge in [0.1, 0.15) is 12.0 Å². The number of ether oxygens (including phenoxy) is 1. The van der Waals surface area contributed by atoms with Gasteiger partial charge in [0.15, 0.2) is 5.84 Å². The molecule has 0 fully saturated rings. The van der Waals surface area contributed by atoms with Crippen LogP contribution in [0.5, 0.6) is 5.75 Å². The van der Waals surface area contributed by atoms with Gasteiger partial charge in [0.2, 0.25) is 0 Å². The Labute approximate surface area is 135 Å². The first kappa shape index (κ1) is 17.1. The van der Waals surface area contributed by atoms with E-state index in [2.05, 4.69) is 9.98 Å². The highest BCUT2D eigenvalue weighted by Crippen LogP contribution is 2.27. The predicted octanol–water partition coefficient (Wildman–Crippen LogP) is 3.01. The van der Waals surface area contributed by atoms with E-state index in [9.17, 15) is 4.79 Å². The van der Waals surface area contributed by atoms with E-state index in [1.807, 2.05) is 42.5 Å². The van der Waals surface area contributed by atoms with Crippen molar-refractivity contribution in [2.75, 3.05) is 7.11 Å². The minimum atomic E-state index is -0.309. The molecule has 0 saturated heterocycles. The van der Waals surface area contributed by atoms with Gasteiger partial charge < -0.3 is 9.53 Å². The number of aliphatic imine (C=N–C) groups is 2. The van der Waals surface area contributed by atoms with Crippen LogP contribution in [0.25, 0.3) is 0 Å². The van der Waals surface area contributed by atoms with Crippen LogP contribution in [0.15, 0.2) is 58.2 Å². The number of methoxy groups -OCH3 is 1. The van der Waals surface area contributed by atoms with Crippen molar-refractivity contribution in [1.29, 1.82) is 0 Å². The third kappa shape index (κ3) is 3.06. The number of aldehydes is 1. The average Bonchev–Trinajstić information content (AvgIpc) is 2.90. The molecule has 0 aromatic heterocycles. The van der Waals surface area contributed by atoms with Gasteiger partial charge in [0.05, 0.1) is 30.0 Å². The number of para-hydroxylation sites is 1. The molecule has 0 bridgehead atoms. The number of benzene rings is 1. The summed E-state index contributed by atoms with van der Waals surface area (Å²) in [6.45, 7) is 0. The zero-order valence-corrected chi connectivity index (χ0v) is 12.9. The number of carbonyl (C=O) groups is 1. The van der Waals surface area contributed by atoms with Crippen LogP contribution in [0.4, 0.5) is 0 Å². The van der Waals surface area contributed by atoms with Gasteiger partial charge in [-0.25, -0.2) is 9.98 Å². The summed E-state index contributed by atoms with van der Waals surface area (Å²) in [5.41, 5.74) is 2.29. The van der Waals surface area contributed by atoms with Crippen molar-refractivity contribution in [3.05, 3.63) is 53.8 Å². The minimum absolute atomic E-state index is 0. The Kier molecular flexibility index (Phi) is 5.88. The number of nitrogens with zero attached hydrogens (tertiary/aromatic N) is 2. The number of hydrogen-bond donors (Lipinski definition) is 0. The molecular weight excluding hydrogens is 311 g/mol. The fourth-order valence-corrected chi connectivity index (χ4v) is 2.15. The molecular formula is C15H14Cl2N2O2. The molecule has 0 N–H and O–H groups in total. The van der Waals surface area contributed by atoms with Crippen molar-refractivity contribution in [1.82, 2.24) is 0 Å². The van der Waals surface area contributed by atoms with Crippen molar-refractivity contribution in [3.8, 4) is 5.75 Å². The summed E-state index contributed by atoms with van der Waals surface area (Å²) >= 11 is 0. The number of rotatable bonds is 3. The van der Waals surface area contributed by atoms with Crippen molar-refractivity contribution in [2.24, 2.45) is 15.9 Å². The largest absolute Gasteiger partial charge is 0.496 e. The summed E-state index contributed by atoms with van der Waals surface area (Å²) < 4.78 is 5.31. The standard InChI is InChI=1S/C15H12N2O2.2ClH/c1-19-13-8-3-2-6-11(13)15-16-12-7-4-5-10(9-18)14(12)17-15;;/h2-10H,1H3;2*1H. The zero-order chi connectivity index (χ0) is 13.2. The first-order valence-electron chi connectivity index (χ1n) is 5.98. The lowest BCUT2D eigenvalue weighted by molar-refractivity contribution is -0.108. The number of allylic oxidation sites excluding steroid dienone is 4. The second-order valence-corrected chi connectivity index (χ2v) is 4.23. The minimum Gasteiger partial charge on any atom is -0.496 e. The van der Waals surface area contributed by atoms with Crippen molar-refractivity contribution < 1.29 is 9.53 Å². The Morgan fingerprint density at radius 3 is 2.67 bits per heavy atom. The molecule has 0 radical (unpaired) electrons. The molecule has 6 heteroatoms. The molecule has 21 heavy (non-hydrogen) atoms. The smallest absolute Gasteiger partial charge is 0.163 e. The van der Waals surface area contributed by atoms with E-state index in [-0.39, 0.29) is 30.7 Å². The van der Waals surface area contributed by atoms with Crippen LogP contribution in [-0.2, 0) is 4.79 Å². The van der Waals surface area contributed by atoms with Gasteiger partial charge in [-0.2, -0.15) is 0 Å². The lowest BCUT2D eigenvalue weighted by Crippen LogP contribution is -2.15. The quantitative estimate of drug-likeness (QED) is 0.802. The van der Waals surface area contributed by atoms with Crippen LogP contribution >= 0.6 is 24.8 Å². The number of halogens is 2. The van der Waals surface area contributed by atoms with Gasteiger partial charge in [-0.1, -0.05) is 24.3 Å². The highest BCUT2D eigenvalue weighted by molar-refractivity contribution is 6.23. The topological polar surface area (TPSA) is 51.0 Å². The van der Waals surface area contributed by atoms with E-state index >= 15 is 0 Å². The maximum absolute atomic E-state index is 11.0. The second-order valence-electron chi connectivity index (χ2n) is 4.23. The molecule has 1 heterocycles.